The molecule has 174 valence electrons. The number of carbonyl (C=O) groups excluding carboxylic acids is 3. The molecule has 5 rings (SSSR count). The molecule has 3 aromatic carbocycles. The van der Waals surface area contributed by atoms with Gasteiger partial charge in [0.1, 0.15) is 11.3 Å². The second-order valence-corrected chi connectivity index (χ2v) is 7.61. The lowest BCUT2D eigenvalue weighted by Gasteiger charge is -2.14. The van der Waals surface area contributed by atoms with Crippen LogP contribution in [0.5, 0.6) is 5.75 Å². The van der Waals surface area contributed by atoms with Gasteiger partial charge in [-0.15, -0.1) is 5.10 Å². The minimum atomic E-state index is -0.783. The molecule has 2 heterocycles. The Morgan fingerprint density at radius 2 is 1.66 bits per heavy atom. The summed E-state index contributed by atoms with van der Waals surface area (Å²) in [6.45, 7) is 1.89. The molecular weight excluding hydrogens is 452 g/mol. The van der Waals surface area contributed by atoms with Crippen LogP contribution in [-0.2, 0) is 11.5 Å². The van der Waals surface area contributed by atoms with Crippen LogP contribution in [0.25, 0.3) is 10.9 Å². The van der Waals surface area contributed by atoms with Crippen molar-refractivity contribution in [1.29, 1.82) is 0 Å². The molecule has 0 unspecified atom stereocenters. The van der Waals surface area contributed by atoms with E-state index < -0.39 is 30.1 Å². The van der Waals surface area contributed by atoms with Gasteiger partial charge in [0.2, 0.25) is 0 Å². The van der Waals surface area contributed by atoms with Gasteiger partial charge in [-0.25, -0.2) is 9.69 Å². The summed E-state index contributed by atoms with van der Waals surface area (Å²) in [5, 5.41) is 8.06. The first-order valence-corrected chi connectivity index (χ1v) is 10.7. The van der Waals surface area contributed by atoms with Crippen molar-refractivity contribution in [1.82, 2.24) is 15.0 Å². The average Bonchev–Trinajstić information content (AvgIpc) is 3.13. The highest BCUT2D eigenvalue weighted by atomic mass is 16.5. The summed E-state index contributed by atoms with van der Waals surface area (Å²) in [6, 6.07) is 17.4. The van der Waals surface area contributed by atoms with E-state index in [0.29, 0.717) is 28.9 Å². The number of hydrogen-bond acceptors (Lipinski definition) is 8. The van der Waals surface area contributed by atoms with Gasteiger partial charge in [-0.3, -0.25) is 14.4 Å². The van der Waals surface area contributed by atoms with E-state index in [9.17, 15) is 19.2 Å². The zero-order valence-corrected chi connectivity index (χ0v) is 18.5. The van der Waals surface area contributed by atoms with Gasteiger partial charge in [-0.1, -0.05) is 17.3 Å². The SMILES string of the molecule is CCOc1ccc(N2C(=O)c3ccc(C(=O)OCn4nnc5ccccc5c4=O)cc3C2=O)cc1. The normalized spacial score (nSPS) is 12.7. The van der Waals surface area contributed by atoms with Gasteiger partial charge in [0.05, 0.1) is 34.4 Å². The van der Waals surface area contributed by atoms with Crippen molar-refractivity contribution in [2.45, 2.75) is 13.7 Å². The molecule has 1 aromatic heterocycles. The molecule has 0 saturated heterocycles. The van der Waals surface area contributed by atoms with Crippen molar-refractivity contribution in [2.24, 2.45) is 0 Å². The Kier molecular flexibility index (Phi) is 5.54. The lowest BCUT2D eigenvalue weighted by molar-refractivity contribution is 0.0336. The van der Waals surface area contributed by atoms with Gasteiger partial charge in [0.15, 0.2) is 6.73 Å². The number of rotatable bonds is 6. The highest BCUT2D eigenvalue weighted by Gasteiger charge is 2.37. The summed E-state index contributed by atoms with van der Waals surface area (Å²) >= 11 is 0. The van der Waals surface area contributed by atoms with E-state index in [4.69, 9.17) is 9.47 Å². The molecule has 4 aromatic rings. The van der Waals surface area contributed by atoms with E-state index in [1.54, 1.807) is 48.5 Å². The average molecular weight is 470 g/mol. The Balaban J connectivity index is 1.34. The van der Waals surface area contributed by atoms with Gasteiger partial charge in [0, 0.05) is 0 Å². The largest absolute Gasteiger partial charge is 0.494 e. The van der Waals surface area contributed by atoms with Crippen LogP contribution in [0.1, 0.15) is 38.0 Å². The van der Waals surface area contributed by atoms with Gasteiger partial charge < -0.3 is 9.47 Å². The number of anilines is 1. The molecule has 0 aliphatic carbocycles. The number of carbonyl (C=O) groups is 3. The van der Waals surface area contributed by atoms with Crippen LogP contribution in [0.2, 0.25) is 0 Å². The quantitative estimate of drug-likeness (QED) is 0.312. The molecule has 1 aliphatic heterocycles. The topological polar surface area (TPSA) is 121 Å². The molecule has 1 aliphatic rings. The van der Waals surface area contributed by atoms with Gasteiger partial charge in [-0.05, 0) is 61.5 Å². The predicted molar refractivity (Wildman–Crippen MR) is 124 cm³/mol. The minimum absolute atomic E-state index is 0.0558. The summed E-state index contributed by atoms with van der Waals surface area (Å²) in [5.41, 5.74) is 0.680. The van der Waals surface area contributed by atoms with E-state index in [1.165, 1.54) is 18.2 Å². The second kappa shape index (κ2) is 8.82. The number of aromatic nitrogens is 3. The Morgan fingerprint density at radius 1 is 0.914 bits per heavy atom. The van der Waals surface area contributed by atoms with Crippen LogP contribution in [0.4, 0.5) is 5.69 Å². The van der Waals surface area contributed by atoms with Crippen LogP contribution in [0.15, 0.2) is 71.5 Å². The molecule has 2 amide bonds. The molecule has 0 atom stereocenters. The molecular formula is C25H18N4O6. The maximum absolute atomic E-state index is 13.0. The van der Waals surface area contributed by atoms with E-state index in [1.807, 2.05) is 6.92 Å². The van der Waals surface area contributed by atoms with E-state index in [0.717, 1.165) is 9.58 Å². The standard InChI is InChI=1S/C25H18N4O6/c1-2-34-17-10-8-16(9-11-17)29-23(31)18-12-7-15(13-20(18)24(29)32)25(33)35-14-28-22(30)19-5-3-4-6-21(19)26-27-28/h3-13H,2,14H2,1H3. The zero-order chi connectivity index (χ0) is 24.5. The van der Waals surface area contributed by atoms with Crippen LogP contribution in [0.3, 0.4) is 0 Å². The Morgan fingerprint density at radius 3 is 2.43 bits per heavy atom. The lowest BCUT2D eigenvalue weighted by Crippen LogP contribution is -2.29. The maximum atomic E-state index is 13.0. The van der Waals surface area contributed by atoms with Gasteiger partial charge in [-0.2, -0.15) is 4.68 Å². The Bertz CT molecular complexity index is 1540. The van der Waals surface area contributed by atoms with Gasteiger partial charge in [0.25, 0.3) is 17.4 Å². The van der Waals surface area contributed by atoms with Crippen molar-refractivity contribution < 1.29 is 23.9 Å². The predicted octanol–water partition coefficient (Wildman–Crippen LogP) is 2.81. The Labute approximate surface area is 198 Å². The molecule has 10 nitrogen and oxygen atoms in total. The molecule has 0 fully saturated rings. The molecule has 10 heteroatoms. The highest BCUT2D eigenvalue weighted by molar-refractivity contribution is 6.34. The third kappa shape index (κ3) is 3.90. The first kappa shape index (κ1) is 22.0. The van der Waals surface area contributed by atoms with Crippen LogP contribution in [0, 0.1) is 0 Å². The lowest BCUT2D eigenvalue weighted by atomic mass is 10.1. The third-order valence-electron chi connectivity index (χ3n) is 5.48. The zero-order valence-electron chi connectivity index (χ0n) is 18.5. The summed E-state index contributed by atoms with van der Waals surface area (Å²) in [4.78, 5) is 52.0. The first-order chi connectivity index (χ1) is 17.0. The number of benzene rings is 3. The smallest absolute Gasteiger partial charge is 0.339 e. The second-order valence-electron chi connectivity index (χ2n) is 7.61. The molecule has 35 heavy (non-hydrogen) atoms. The van der Waals surface area contributed by atoms with Crippen LogP contribution in [-0.4, -0.2) is 39.4 Å². The minimum Gasteiger partial charge on any atom is -0.494 e. The maximum Gasteiger partial charge on any atom is 0.339 e. The summed E-state index contributed by atoms with van der Waals surface area (Å²) in [5.74, 6) is -1.21. The first-order valence-electron chi connectivity index (χ1n) is 10.7. The number of nitrogens with zero attached hydrogens (tertiary/aromatic N) is 4. The summed E-state index contributed by atoms with van der Waals surface area (Å²) in [7, 11) is 0. The van der Waals surface area contributed by atoms with E-state index in [-0.39, 0.29) is 16.7 Å². The summed E-state index contributed by atoms with van der Waals surface area (Å²) in [6.07, 6.45) is 0. The monoisotopic (exact) mass is 470 g/mol. The van der Waals surface area contributed by atoms with Gasteiger partial charge >= 0.3 is 5.97 Å². The van der Waals surface area contributed by atoms with Crippen LogP contribution < -0.4 is 15.2 Å². The van der Waals surface area contributed by atoms with E-state index in [2.05, 4.69) is 10.3 Å². The Hall–Kier alpha value is -4.86. The van der Waals surface area contributed by atoms with E-state index >= 15 is 0 Å². The molecule has 0 bridgehead atoms. The fraction of sp³-hybridized carbons (Fsp3) is 0.120. The molecule has 0 saturated carbocycles. The number of esters is 1. The fourth-order valence-corrected chi connectivity index (χ4v) is 3.77. The molecule has 0 N–H and O–H groups in total. The van der Waals surface area contributed by atoms with Crippen molar-refractivity contribution in [3.05, 3.63) is 93.8 Å². The summed E-state index contributed by atoms with van der Waals surface area (Å²) < 4.78 is 11.5. The fourth-order valence-electron chi connectivity index (χ4n) is 3.77. The van der Waals surface area contributed by atoms with Crippen LogP contribution >= 0.6 is 0 Å². The van der Waals surface area contributed by atoms with Crippen molar-refractivity contribution in [3.63, 3.8) is 0 Å². The third-order valence-corrected chi connectivity index (χ3v) is 5.48. The number of hydrogen-bond donors (Lipinski definition) is 0. The van der Waals surface area contributed by atoms with Crippen molar-refractivity contribution >= 4 is 34.4 Å². The van der Waals surface area contributed by atoms with Crippen molar-refractivity contribution in [2.75, 3.05) is 11.5 Å². The number of amides is 2. The molecule has 0 spiro atoms. The number of ether oxygens (including phenoxy) is 2. The molecule has 0 radical (unpaired) electrons. The van der Waals surface area contributed by atoms with Crippen molar-refractivity contribution in [3.8, 4) is 5.75 Å². The highest BCUT2D eigenvalue weighted by Crippen LogP contribution is 2.30. The number of fused-ring (bicyclic) bond motifs is 2. The number of imide groups is 1.